The standard InChI is InChI=1S/C17H37N3/c1-7-17(8-2,13-18-15(3)4)14-20(6)12-16-9-10-19(5)11-16/h15-16,18H,7-14H2,1-6H3. The molecule has 1 aliphatic heterocycles. The van der Waals surface area contributed by atoms with Crippen LogP contribution in [0.5, 0.6) is 0 Å². The zero-order valence-electron chi connectivity index (χ0n) is 14.7. The number of likely N-dealkylation sites (tertiary alicyclic amines) is 1. The second-order valence-corrected chi connectivity index (χ2v) is 7.36. The largest absolute Gasteiger partial charge is 0.314 e. The fourth-order valence-corrected chi connectivity index (χ4v) is 3.45. The molecule has 0 bridgehead atoms. The van der Waals surface area contributed by atoms with Crippen LogP contribution in [-0.2, 0) is 0 Å². The van der Waals surface area contributed by atoms with Gasteiger partial charge in [0.2, 0.25) is 0 Å². The molecule has 1 heterocycles. The van der Waals surface area contributed by atoms with Crippen LogP contribution in [0.25, 0.3) is 0 Å². The Morgan fingerprint density at radius 3 is 2.40 bits per heavy atom. The van der Waals surface area contributed by atoms with E-state index in [1.807, 2.05) is 0 Å². The number of hydrogen-bond acceptors (Lipinski definition) is 3. The Morgan fingerprint density at radius 1 is 1.30 bits per heavy atom. The van der Waals surface area contributed by atoms with Gasteiger partial charge < -0.3 is 15.1 Å². The third-order valence-electron chi connectivity index (χ3n) is 5.05. The van der Waals surface area contributed by atoms with Crippen LogP contribution in [0.4, 0.5) is 0 Å². The van der Waals surface area contributed by atoms with E-state index in [9.17, 15) is 0 Å². The molecule has 1 aliphatic rings. The number of hydrogen-bond donors (Lipinski definition) is 1. The van der Waals surface area contributed by atoms with Crippen molar-refractivity contribution >= 4 is 0 Å². The fraction of sp³-hybridized carbons (Fsp3) is 1.00. The van der Waals surface area contributed by atoms with Gasteiger partial charge in [-0.05, 0) is 51.2 Å². The molecule has 1 saturated heterocycles. The van der Waals surface area contributed by atoms with Crippen molar-refractivity contribution in [1.29, 1.82) is 0 Å². The van der Waals surface area contributed by atoms with Gasteiger partial charge in [0.05, 0.1) is 0 Å². The molecule has 1 unspecified atom stereocenters. The lowest BCUT2D eigenvalue weighted by molar-refractivity contribution is 0.139. The van der Waals surface area contributed by atoms with Crippen LogP contribution < -0.4 is 5.32 Å². The van der Waals surface area contributed by atoms with E-state index in [2.05, 4.69) is 56.9 Å². The minimum Gasteiger partial charge on any atom is -0.314 e. The average molecular weight is 284 g/mol. The van der Waals surface area contributed by atoms with Gasteiger partial charge in [-0.1, -0.05) is 27.7 Å². The zero-order valence-corrected chi connectivity index (χ0v) is 14.7. The van der Waals surface area contributed by atoms with Crippen LogP contribution >= 0.6 is 0 Å². The van der Waals surface area contributed by atoms with E-state index in [1.54, 1.807) is 0 Å². The van der Waals surface area contributed by atoms with Crippen molar-refractivity contribution in [3.8, 4) is 0 Å². The van der Waals surface area contributed by atoms with Gasteiger partial charge in [-0.3, -0.25) is 0 Å². The summed E-state index contributed by atoms with van der Waals surface area (Å²) in [5.74, 6) is 0.870. The van der Waals surface area contributed by atoms with E-state index in [0.717, 1.165) is 12.5 Å². The smallest absolute Gasteiger partial charge is 0.00470 e. The lowest BCUT2D eigenvalue weighted by atomic mass is 9.81. The summed E-state index contributed by atoms with van der Waals surface area (Å²) in [6.45, 7) is 15.4. The molecular weight excluding hydrogens is 246 g/mol. The topological polar surface area (TPSA) is 18.5 Å². The molecule has 1 rings (SSSR count). The quantitative estimate of drug-likeness (QED) is 0.702. The second-order valence-electron chi connectivity index (χ2n) is 7.36. The van der Waals surface area contributed by atoms with E-state index in [-0.39, 0.29) is 0 Å². The summed E-state index contributed by atoms with van der Waals surface area (Å²) < 4.78 is 0. The molecule has 120 valence electrons. The lowest BCUT2D eigenvalue weighted by Gasteiger charge is -2.37. The minimum absolute atomic E-state index is 0.434. The Labute approximate surface area is 127 Å². The molecule has 0 aliphatic carbocycles. The van der Waals surface area contributed by atoms with Crippen molar-refractivity contribution in [3.05, 3.63) is 0 Å². The summed E-state index contributed by atoms with van der Waals surface area (Å²) in [6, 6.07) is 0.585. The maximum atomic E-state index is 3.66. The first-order valence-electron chi connectivity index (χ1n) is 8.51. The molecule has 0 aromatic carbocycles. The SMILES string of the molecule is CCC(CC)(CNC(C)C)CN(C)CC1CCN(C)C1. The van der Waals surface area contributed by atoms with Gasteiger partial charge in [0, 0.05) is 32.2 Å². The normalized spacial score (nSPS) is 21.3. The monoisotopic (exact) mass is 283 g/mol. The second kappa shape index (κ2) is 8.35. The molecule has 1 atom stereocenters. The molecule has 20 heavy (non-hydrogen) atoms. The molecule has 3 heteroatoms. The van der Waals surface area contributed by atoms with Crippen molar-refractivity contribution in [2.75, 3.05) is 46.8 Å². The van der Waals surface area contributed by atoms with E-state index < -0.39 is 0 Å². The summed E-state index contributed by atoms with van der Waals surface area (Å²) in [5.41, 5.74) is 0.434. The van der Waals surface area contributed by atoms with Gasteiger partial charge in [-0.2, -0.15) is 0 Å². The molecule has 0 radical (unpaired) electrons. The predicted octanol–water partition coefficient (Wildman–Crippen LogP) is 2.67. The van der Waals surface area contributed by atoms with Crippen molar-refractivity contribution in [2.45, 2.75) is 53.0 Å². The first-order valence-corrected chi connectivity index (χ1v) is 8.51. The molecule has 0 spiro atoms. The van der Waals surface area contributed by atoms with Crippen molar-refractivity contribution < 1.29 is 0 Å². The summed E-state index contributed by atoms with van der Waals surface area (Å²) in [6.07, 6.45) is 3.90. The summed E-state index contributed by atoms with van der Waals surface area (Å²) in [4.78, 5) is 5.05. The van der Waals surface area contributed by atoms with Crippen LogP contribution in [0.1, 0.15) is 47.0 Å². The zero-order chi connectivity index (χ0) is 15.2. The molecule has 3 nitrogen and oxygen atoms in total. The van der Waals surface area contributed by atoms with Crippen LogP contribution in [0.15, 0.2) is 0 Å². The van der Waals surface area contributed by atoms with Crippen molar-refractivity contribution in [2.24, 2.45) is 11.3 Å². The van der Waals surface area contributed by atoms with E-state index in [1.165, 1.54) is 45.4 Å². The Bertz CT molecular complexity index is 261. The van der Waals surface area contributed by atoms with Gasteiger partial charge in [0.1, 0.15) is 0 Å². The van der Waals surface area contributed by atoms with Gasteiger partial charge in [-0.25, -0.2) is 0 Å². The Kier molecular flexibility index (Phi) is 7.49. The number of rotatable bonds is 9. The van der Waals surface area contributed by atoms with Crippen molar-refractivity contribution in [1.82, 2.24) is 15.1 Å². The fourth-order valence-electron chi connectivity index (χ4n) is 3.45. The lowest BCUT2D eigenvalue weighted by Crippen LogP contribution is -2.45. The summed E-state index contributed by atoms with van der Waals surface area (Å²) in [7, 11) is 4.56. The Balaban J connectivity index is 2.46. The molecule has 1 N–H and O–H groups in total. The highest BCUT2D eigenvalue weighted by Crippen LogP contribution is 2.27. The minimum atomic E-state index is 0.434. The molecule has 1 fully saturated rings. The highest BCUT2D eigenvalue weighted by Gasteiger charge is 2.29. The molecular formula is C17H37N3. The predicted molar refractivity (Wildman–Crippen MR) is 89.3 cm³/mol. The molecule has 0 saturated carbocycles. The Morgan fingerprint density at radius 2 is 1.95 bits per heavy atom. The van der Waals surface area contributed by atoms with Gasteiger partial charge in [-0.15, -0.1) is 0 Å². The number of nitrogens with zero attached hydrogens (tertiary/aromatic N) is 2. The third-order valence-corrected chi connectivity index (χ3v) is 5.05. The first kappa shape index (κ1) is 17.9. The van der Waals surface area contributed by atoms with Crippen LogP contribution in [-0.4, -0.2) is 62.7 Å². The average Bonchev–Trinajstić information content (AvgIpc) is 2.79. The molecule has 0 amide bonds. The third kappa shape index (κ3) is 5.71. The van der Waals surface area contributed by atoms with E-state index in [0.29, 0.717) is 11.5 Å². The molecule has 0 aromatic heterocycles. The van der Waals surface area contributed by atoms with Crippen LogP contribution in [0, 0.1) is 11.3 Å². The molecule has 0 aromatic rings. The van der Waals surface area contributed by atoms with Crippen LogP contribution in [0.2, 0.25) is 0 Å². The summed E-state index contributed by atoms with van der Waals surface area (Å²) >= 11 is 0. The highest BCUT2D eigenvalue weighted by molar-refractivity contribution is 4.84. The van der Waals surface area contributed by atoms with Crippen molar-refractivity contribution in [3.63, 3.8) is 0 Å². The van der Waals surface area contributed by atoms with Gasteiger partial charge in [0.25, 0.3) is 0 Å². The van der Waals surface area contributed by atoms with Gasteiger partial charge >= 0.3 is 0 Å². The van der Waals surface area contributed by atoms with E-state index >= 15 is 0 Å². The highest BCUT2D eigenvalue weighted by atomic mass is 15.2. The maximum Gasteiger partial charge on any atom is 0.00470 e. The van der Waals surface area contributed by atoms with Crippen LogP contribution in [0.3, 0.4) is 0 Å². The summed E-state index contributed by atoms with van der Waals surface area (Å²) in [5, 5.41) is 3.66. The Hall–Kier alpha value is -0.120. The van der Waals surface area contributed by atoms with Gasteiger partial charge in [0.15, 0.2) is 0 Å². The first-order chi connectivity index (χ1) is 9.40. The number of nitrogens with one attached hydrogen (secondary N) is 1. The van der Waals surface area contributed by atoms with E-state index in [4.69, 9.17) is 0 Å². The maximum absolute atomic E-state index is 3.66.